The van der Waals surface area contributed by atoms with E-state index in [2.05, 4.69) is 0 Å². The molecule has 2 atom stereocenters. The number of carbonyl (C=O) groups is 1. The van der Waals surface area contributed by atoms with Crippen LogP contribution in [0.5, 0.6) is 5.75 Å². The summed E-state index contributed by atoms with van der Waals surface area (Å²) in [5, 5.41) is -0.909. The zero-order valence-corrected chi connectivity index (χ0v) is 14.6. The molecule has 0 saturated carbocycles. The topological polar surface area (TPSA) is 80.7 Å². The van der Waals surface area contributed by atoms with Gasteiger partial charge in [-0.1, -0.05) is 39.8 Å². The molecule has 0 heterocycles. The highest BCUT2D eigenvalue weighted by Gasteiger charge is 2.29. The van der Waals surface area contributed by atoms with Gasteiger partial charge in [-0.15, -0.1) is 11.6 Å². The van der Waals surface area contributed by atoms with Crippen molar-refractivity contribution in [1.82, 2.24) is 0 Å². The fourth-order valence-electron chi connectivity index (χ4n) is 2.21. The average molecular weight is 349 g/mol. The molecular weight excluding hydrogens is 328 g/mol. The lowest BCUT2D eigenvalue weighted by Crippen LogP contribution is -2.30. The first-order valence-corrected chi connectivity index (χ1v) is 8.72. The zero-order chi connectivity index (χ0) is 17.1. The van der Waals surface area contributed by atoms with Gasteiger partial charge in [0.15, 0.2) is 5.75 Å². The van der Waals surface area contributed by atoms with E-state index in [1.54, 1.807) is 0 Å². The fraction of sp³-hybridized carbons (Fsp3) is 0.533. The molecule has 0 aliphatic carbocycles. The van der Waals surface area contributed by atoms with Crippen LogP contribution in [0.3, 0.4) is 0 Å². The van der Waals surface area contributed by atoms with Gasteiger partial charge in [0.2, 0.25) is 0 Å². The lowest BCUT2D eigenvalue weighted by molar-refractivity contribution is -0.135. The van der Waals surface area contributed by atoms with Crippen molar-refractivity contribution in [2.45, 2.75) is 44.4 Å². The summed E-state index contributed by atoms with van der Waals surface area (Å²) in [7, 11) is -4.47. The maximum atomic E-state index is 12.1. The van der Waals surface area contributed by atoms with Crippen LogP contribution >= 0.6 is 11.6 Å². The van der Waals surface area contributed by atoms with E-state index in [4.69, 9.17) is 20.9 Å². The van der Waals surface area contributed by atoms with Crippen molar-refractivity contribution < 1.29 is 22.5 Å². The number of ether oxygens (including phenoxy) is 1. The van der Waals surface area contributed by atoms with Crippen molar-refractivity contribution >= 4 is 27.7 Å². The number of rotatable bonds is 5. The zero-order valence-electron chi connectivity index (χ0n) is 13.0. The van der Waals surface area contributed by atoms with Crippen LogP contribution in [0.15, 0.2) is 29.2 Å². The quantitative estimate of drug-likeness (QED) is 0.381. The number of halogens is 1. The molecule has 0 spiro atoms. The van der Waals surface area contributed by atoms with Crippen LogP contribution in [0.4, 0.5) is 0 Å². The summed E-state index contributed by atoms with van der Waals surface area (Å²) in [6, 6.07) is 5.36. The third-order valence-electron chi connectivity index (χ3n) is 3.00. The van der Waals surface area contributed by atoms with Gasteiger partial charge in [-0.3, -0.25) is 9.35 Å². The summed E-state index contributed by atoms with van der Waals surface area (Å²) in [6.07, 6.45) is 0.705. The predicted molar refractivity (Wildman–Crippen MR) is 84.8 cm³/mol. The smallest absolute Gasteiger partial charge is 0.329 e. The number of benzene rings is 1. The summed E-state index contributed by atoms with van der Waals surface area (Å²) >= 11 is 6.12. The molecule has 0 aliphatic heterocycles. The maximum Gasteiger partial charge on any atom is 0.329 e. The van der Waals surface area contributed by atoms with Crippen LogP contribution in [0.1, 0.15) is 34.1 Å². The number of hydrogen-bond acceptors (Lipinski definition) is 4. The molecule has 0 radical (unpaired) electrons. The molecule has 1 aromatic carbocycles. The first kappa shape index (κ1) is 18.9. The van der Waals surface area contributed by atoms with E-state index in [1.165, 1.54) is 18.2 Å². The van der Waals surface area contributed by atoms with Gasteiger partial charge in [-0.05, 0) is 29.9 Å². The standard InChI is InChI=1S/C15H21ClO5S/c1-10(9-15(2,3)4)13(16)14(17)21-11-7-5-6-8-12(11)22(18,19)20/h5-8,10,13H,9H2,1-4H3,(H,18,19,20). The van der Waals surface area contributed by atoms with Crippen LogP contribution in [0.2, 0.25) is 0 Å². The summed E-state index contributed by atoms with van der Waals surface area (Å²) in [5.74, 6) is -1.12. The number of hydrogen-bond donors (Lipinski definition) is 1. The third-order valence-corrected chi connectivity index (χ3v) is 4.50. The Bertz CT molecular complexity index is 634. The van der Waals surface area contributed by atoms with Crippen molar-refractivity contribution in [3.05, 3.63) is 24.3 Å². The number of carbonyl (C=O) groups excluding carboxylic acids is 1. The van der Waals surface area contributed by atoms with Crippen molar-refractivity contribution in [1.29, 1.82) is 0 Å². The van der Waals surface area contributed by atoms with Crippen LogP contribution in [0, 0.1) is 11.3 Å². The Morgan fingerprint density at radius 1 is 1.32 bits per heavy atom. The largest absolute Gasteiger partial charge is 0.424 e. The highest BCUT2D eigenvalue weighted by molar-refractivity contribution is 7.86. The van der Waals surface area contributed by atoms with E-state index in [0.29, 0.717) is 6.42 Å². The normalized spacial score (nSPS) is 15.2. The second kappa shape index (κ2) is 6.98. The SMILES string of the molecule is CC(CC(C)(C)C)C(Cl)C(=O)Oc1ccccc1S(=O)(=O)O. The molecule has 2 unspecified atom stereocenters. The Labute approximate surface area is 136 Å². The Morgan fingerprint density at radius 2 is 1.86 bits per heavy atom. The molecule has 0 aromatic heterocycles. The van der Waals surface area contributed by atoms with Gasteiger partial charge in [0, 0.05) is 0 Å². The highest BCUT2D eigenvalue weighted by atomic mass is 35.5. The van der Waals surface area contributed by atoms with Gasteiger partial charge < -0.3 is 4.74 Å². The monoisotopic (exact) mass is 348 g/mol. The highest BCUT2D eigenvalue weighted by Crippen LogP contribution is 2.30. The lowest BCUT2D eigenvalue weighted by Gasteiger charge is -2.25. The molecule has 5 nitrogen and oxygen atoms in total. The molecule has 0 bridgehead atoms. The van der Waals surface area contributed by atoms with E-state index in [-0.39, 0.29) is 17.1 Å². The van der Waals surface area contributed by atoms with E-state index in [1.807, 2.05) is 27.7 Å². The van der Waals surface area contributed by atoms with Crippen molar-refractivity contribution in [2.24, 2.45) is 11.3 Å². The number of alkyl halides is 1. The maximum absolute atomic E-state index is 12.1. The van der Waals surface area contributed by atoms with Gasteiger partial charge in [0.1, 0.15) is 10.3 Å². The molecule has 0 fully saturated rings. The number of para-hydroxylation sites is 1. The molecule has 1 N–H and O–H groups in total. The second-order valence-electron chi connectivity index (χ2n) is 6.49. The Balaban J connectivity index is 2.90. The first-order chi connectivity index (χ1) is 9.92. The molecule has 1 rings (SSSR count). The second-order valence-corrected chi connectivity index (χ2v) is 8.35. The van der Waals surface area contributed by atoms with E-state index in [9.17, 15) is 13.2 Å². The Hall–Kier alpha value is -1.11. The minimum Gasteiger partial charge on any atom is -0.424 e. The molecule has 0 amide bonds. The molecule has 1 aromatic rings. The Morgan fingerprint density at radius 3 is 2.36 bits per heavy atom. The number of esters is 1. The van der Waals surface area contributed by atoms with Crippen LogP contribution < -0.4 is 4.74 Å². The van der Waals surface area contributed by atoms with Crippen molar-refractivity contribution in [3.8, 4) is 5.75 Å². The van der Waals surface area contributed by atoms with Gasteiger partial charge in [-0.2, -0.15) is 8.42 Å². The van der Waals surface area contributed by atoms with E-state index in [0.717, 1.165) is 6.07 Å². The molecule has 0 aliphatic rings. The lowest BCUT2D eigenvalue weighted by atomic mass is 9.84. The summed E-state index contributed by atoms with van der Waals surface area (Å²) in [4.78, 5) is 11.6. The molecule has 0 saturated heterocycles. The minimum absolute atomic E-state index is 0.000812. The van der Waals surface area contributed by atoms with Crippen molar-refractivity contribution in [3.63, 3.8) is 0 Å². The van der Waals surface area contributed by atoms with Crippen molar-refractivity contribution in [2.75, 3.05) is 0 Å². The van der Waals surface area contributed by atoms with Crippen LogP contribution in [0.25, 0.3) is 0 Å². The van der Waals surface area contributed by atoms with E-state index >= 15 is 0 Å². The van der Waals surface area contributed by atoms with Gasteiger partial charge >= 0.3 is 5.97 Å². The fourth-order valence-corrected chi connectivity index (χ4v) is 2.96. The van der Waals surface area contributed by atoms with Crippen LogP contribution in [-0.4, -0.2) is 24.3 Å². The van der Waals surface area contributed by atoms with Gasteiger partial charge in [-0.25, -0.2) is 0 Å². The van der Waals surface area contributed by atoms with Gasteiger partial charge in [0.05, 0.1) is 0 Å². The molecular formula is C15H21ClO5S. The first-order valence-electron chi connectivity index (χ1n) is 6.84. The third kappa shape index (κ3) is 5.59. The predicted octanol–water partition coefficient (Wildman–Crippen LogP) is 3.52. The van der Waals surface area contributed by atoms with Gasteiger partial charge in [0.25, 0.3) is 10.1 Å². The molecule has 124 valence electrons. The summed E-state index contributed by atoms with van der Waals surface area (Å²) in [5.41, 5.74) is -0.000812. The summed E-state index contributed by atoms with van der Waals surface area (Å²) < 4.78 is 36.7. The average Bonchev–Trinajstić information content (AvgIpc) is 2.35. The minimum atomic E-state index is -4.47. The molecule has 7 heteroatoms. The summed E-state index contributed by atoms with van der Waals surface area (Å²) in [6.45, 7) is 7.93. The van der Waals surface area contributed by atoms with E-state index < -0.39 is 26.4 Å². The molecule has 22 heavy (non-hydrogen) atoms. The van der Waals surface area contributed by atoms with Crippen LogP contribution in [-0.2, 0) is 14.9 Å². The Kier molecular flexibility index (Phi) is 6.01.